The number of sulfonamides is 1. The Labute approximate surface area is 245 Å². The minimum absolute atomic E-state index is 0.0149. The summed E-state index contributed by atoms with van der Waals surface area (Å²) in [6.45, 7) is 6.79. The Morgan fingerprint density at radius 2 is 1.50 bits per heavy atom. The number of para-hydroxylation sites is 1. The molecule has 11 heteroatoms. The van der Waals surface area contributed by atoms with Crippen molar-refractivity contribution in [3.63, 3.8) is 0 Å². The number of nitrogens with zero attached hydrogens (tertiary/aromatic N) is 2. The molecule has 3 aromatic carbocycles. The topological polar surface area (TPSA) is 96.0 Å². The zero-order valence-corrected chi connectivity index (χ0v) is 25.1. The number of anilines is 1. The summed E-state index contributed by atoms with van der Waals surface area (Å²) in [6.07, 6.45) is 0. The summed E-state index contributed by atoms with van der Waals surface area (Å²) in [5.74, 6) is -0.482. The third-order valence-corrected chi connectivity index (χ3v) is 8.53. The van der Waals surface area contributed by atoms with Crippen LogP contribution in [0.2, 0.25) is 10.0 Å². The van der Waals surface area contributed by atoms with Crippen molar-refractivity contribution in [3.05, 3.63) is 88.4 Å². The maximum absolute atomic E-state index is 13.9. The summed E-state index contributed by atoms with van der Waals surface area (Å²) in [5.41, 5.74) is 0.740. The Morgan fingerprint density at radius 3 is 2.05 bits per heavy atom. The Bertz CT molecular complexity index is 1400. The molecule has 40 heavy (non-hydrogen) atoms. The third-order valence-electron chi connectivity index (χ3n) is 6.03. The minimum Gasteiger partial charge on any atom is -0.494 e. The van der Waals surface area contributed by atoms with E-state index in [0.717, 1.165) is 4.31 Å². The van der Waals surface area contributed by atoms with E-state index >= 15 is 0 Å². The Morgan fingerprint density at radius 1 is 0.900 bits per heavy atom. The lowest BCUT2D eigenvalue weighted by molar-refractivity contribution is -0.139. The Balaban J connectivity index is 2.03. The van der Waals surface area contributed by atoms with Gasteiger partial charge in [0.1, 0.15) is 18.3 Å². The fourth-order valence-corrected chi connectivity index (χ4v) is 5.90. The number of halogens is 2. The molecule has 3 aromatic rings. The second-order valence-corrected chi connectivity index (χ2v) is 12.0. The highest BCUT2D eigenvalue weighted by Crippen LogP contribution is 2.28. The van der Waals surface area contributed by atoms with E-state index in [-0.39, 0.29) is 17.5 Å². The monoisotopic (exact) mass is 605 g/mol. The van der Waals surface area contributed by atoms with E-state index in [2.05, 4.69) is 5.32 Å². The van der Waals surface area contributed by atoms with Gasteiger partial charge in [0.2, 0.25) is 11.8 Å². The van der Waals surface area contributed by atoms with Gasteiger partial charge in [-0.2, -0.15) is 0 Å². The quantitative estimate of drug-likeness (QED) is 0.293. The first-order valence-electron chi connectivity index (χ1n) is 12.8. The third kappa shape index (κ3) is 7.68. The highest BCUT2D eigenvalue weighted by Gasteiger charge is 2.33. The molecule has 1 atom stereocenters. The molecule has 214 valence electrons. The van der Waals surface area contributed by atoms with Gasteiger partial charge in [-0.25, -0.2) is 8.42 Å². The first-order valence-corrected chi connectivity index (χ1v) is 15.0. The van der Waals surface area contributed by atoms with Crippen LogP contribution in [0.5, 0.6) is 5.75 Å². The molecule has 0 fully saturated rings. The van der Waals surface area contributed by atoms with Crippen molar-refractivity contribution in [2.75, 3.05) is 17.5 Å². The Hall–Kier alpha value is -3.27. The minimum atomic E-state index is -4.19. The summed E-state index contributed by atoms with van der Waals surface area (Å²) < 4.78 is 34.2. The largest absolute Gasteiger partial charge is 0.494 e. The molecule has 1 unspecified atom stereocenters. The van der Waals surface area contributed by atoms with Gasteiger partial charge in [-0.3, -0.25) is 13.9 Å². The van der Waals surface area contributed by atoms with Crippen LogP contribution < -0.4 is 14.4 Å². The molecule has 8 nitrogen and oxygen atoms in total. The summed E-state index contributed by atoms with van der Waals surface area (Å²) >= 11 is 12.8. The standard InChI is InChI=1S/C29H33Cl2N3O5S/c1-5-39-23-14-16-24(17-15-23)40(37,38)34(22-10-7-6-8-11-22)19-28(35)33(21(4)29(36)32-20(2)3)18-25-26(30)12-9-13-27(25)31/h6-17,20-21H,5,18-19H2,1-4H3,(H,32,36). The van der Waals surface area contributed by atoms with Crippen molar-refractivity contribution >= 4 is 50.7 Å². The van der Waals surface area contributed by atoms with Gasteiger partial charge in [0.25, 0.3) is 10.0 Å². The number of hydrogen-bond acceptors (Lipinski definition) is 5. The first kappa shape index (κ1) is 31.3. The number of nitrogens with one attached hydrogen (secondary N) is 1. The number of ether oxygens (including phenoxy) is 1. The van der Waals surface area contributed by atoms with Gasteiger partial charge in [-0.15, -0.1) is 0 Å². The van der Waals surface area contributed by atoms with E-state index in [1.165, 1.54) is 17.0 Å². The zero-order chi connectivity index (χ0) is 29.4. The highest BCUT2D eigenvalue weighted by molar-refractivity contribution is 7.92. The molecule has 0 aliphatic heterocycles. The van der Waals surface area contributed by atoms with Crippen molar-refractivity contribution in [3.8, 4) is 5.75 Å². The molecule has 3 rings (SSSR count). The van der Waals surface area contributed by atoms with Gasteiger partial charge in [0.15, 0.2) is 0 Å². The number of benzene rings is 3. The van der Waals surface area contributed by atoms with Crippen LogP contribution in [-0.4, -0.2) is 50.4 Å². The van der Waals surface area contributed by atoms with Crippen molar-refractivity contribution in [2.45, 2.75) is 51.2 Å². The molecule has 0 aliphatic rings. The average Bonchev–Trinajstić information content (AvgIpc) is 2.91. The van der Waals surface area contributed by atoms with Crippen molar-refractivity contribution < 1.29 is 22.7 Å². The molecule has 0 spiro atoms. The van der Waals surface area contributed by atoms with Crippen LogP contribution in [0.3, 0.4) is 0 Å². The summed E-state index contributed by atoms with van der Waals surface area (Å²) in [4.78, 5) is 28.2. The fourth-order valence-electron chi connectivity index (χ4n) is 3.97. The lowest BCUT2D eigenvalue weighted by atomic mass is 10.1. The summed E-state index contributed by atoms with van der Waals surface area (Å²) in [6, 6.07) is 18.1. The molecule has 2 amide bonds. The average molecular weight is 607 g/mol. The molecule has 0 saturated heterocycles. The van der Waals surface area contributed by atoms with E-state index in [9.17, 15) is 18.0 Å². The second-order valence-electron chi connectivity index (χ2n) is 9.31. The van der Waals surface area contributed by atoms with Gasteiger partial charge >= 0.3 is 0 Å². The molecule has 0 bridgehead atoms. The lowest BCUT2D eigenvalue weighted by Crippen LogP contribution is -2.52. The van der Waals surface area contributed by atoms with Gasteiger partial charge in [0.05, 0.1) is 17.2 Å². The fraction of sp³-hybridized carbons (Fsp3) is 0.310. The predicted molar refractivity (Wildman–Crippen MR) is 158 cm³/mol. The molecule has 0 aromatic heterocycles. The number of amides is 2. The second kappa shape index (κ2) is 13.9. The number of carbonyl (C=O) groups excluding carboxylic acids is 2. The number of carbonyl (C=O) groups is 2. The first-order chi connectivity index (χ1) is 18.9. The molecule has 0 heterocycles. The van der Waals surface area contributed by atoms with Gasteiger partial charge < -0.3 is 15.0 Å². The molecule has 1 N–H and O–H groups in total. The van der Waals surface area contributed by atoms with E-state index in [1.807, 2.05) is 20.8 Å². The SMILES string of the molecule is CCOc1ccc(S(=O)(=O)N(CC(=O)N(Cc2c(Cl)cccc2Cl)C(C)C(=O)NC(C)C)c2ccccc2)cc1. The van der Waals surface area contributed by atoms with Crippen LogP contribution in [0.4, 0.5) is 5.69 Å². The van der Waals surface area contributed by atoms with Gasteiger partial charge in [0, 0.05) is 28.2 Å². The van der Waals surface area contributed by atoms with E-state index < -0.39 is 34.4 Å². The molecule has 0 saturated carbocycles. The van der Waals surface area contributed by atoms with E-state index in [0.29, 0.717) is 33.7 Å². The normalized spacial score (nSPS) is 12.1. The van der Waals surface area contributed by atoms with Crippen molar-refractivity contribution in [2.24, 2.45) is 0 Å². The van der Waals surface area contributed by atoms with Crippen LogP contribution >= 0.6 is 23.2 Å². The molecule has 0 radical (unpaired) electrons. The van der Waals surface area contributed by atoms with Crippen LogP contribution in [-0.2, 0) is 26.2 Å². The summed E-state index contributed by atoms with van der Waals surface area (Å²) in [7, 11) is -4.19. The molecular formula is C29H33Cl2N3O5S. The maximum atomic E-state index is 13.9. The smallest absolute Gasteiger partial charge is 0.264 e. The van der Waals surface area contributed by atoms with Gasteiger partial charge in [-0.05, 0) is 76.2 Å². The van der Waals surface area contributed by atoms with Crippen LogP contribution in [0.25, 0.3) is 0 Å². The predicted octanol–water partition coefficient (Wildman–Crippen LogP) is 5.53. The lowest BCUT2D eigenvalue weighted by Gasteiger charge is -2.32. The van der Waals surface area contributed by atoms with Crippen LogP contribution in [0.15, 0.2) is 77.7 Å². The van der Waals surface area contributed by atoms with Crippen molar-refractivity contribution in [1.29, 1.82) is 0 Å². The zero-order valence-electron chi connectivity index (χ0n) is 22.8. The maximum Gasteiger partial charge on any atom is 0.264 e. The van der Waals surface area contributed by atoms with Crippen LogP contribution in [0.1, 0.15) is 33.3 Å². The van der Waals surface area contributed by atoms with Gasteiger partial charge in [-0.1, -0.05) is 47.5 Å². The number of hydrogen-bond donors (Lipinski definition) is 1. The van der Waals surface area contributed by atoms with E-state index in [4.69, 9.17) is 27.9 Å². The molecule has 0 aliphatic carbocycles. The Kier molecular flexibility index (Phi) is 10.8. The van der Waals surface area contributed by atoms with Crippen molar-refractivity contribution in [1.82, 2.24) is 10.2 Å². The summed E-state index contributed by atoms with van der Waals surface area (Å²) in [5, 5.41) is 3.45. The van der Waals surface area contributed by atoms with E-state index in [1.54, 1.807) is 67.6 Å². The van der Waals surface area contributed by atoms with Crippen LogP contribution in [0, 0.1) is 0 Å². The molecular weight excluding hydrogens is 573 g/mol. The number of rotatable bonds is 12. The highest BCUT2D eigenvalue weighted by atomic mass is 35.5.